The van der Waals surface area contributed by atoms with Crippen LogP contribution >= 0.6 is 0 Å². The number of carbonyl (C=O) groups excluding carboxylic acids is 1. The van der Waals surface area contributed by atoms with E-state index in [0.717, 1.165) is 17.9 Å². The molecule has 3 heteroatoms. The zero-order valence-corrected chi connectivity index (χ0v) is 11.7. The molecule has 100 valence electrons. The molecular formula is C15H22O3. The summed E-state index contributed by atoms with van der Waals surface area (Å²) in [4.78, 5) is 11.7. The molecule has 0 N–H and O–H groups in total. The van der Waals surface area contributed by atoms with Crippen molar-refractivity contribution in [2.45, 2.75) is 33.6 Å². The first-order valence-electron chi connectivity index (χ1n) is 6.23. The summed E-state index contributed by atoms with van der Waals surface area (Å²) in [6.45, 7) is 6.40. The van der Waals surface area contributed by atoms with Gasteiger partial charge in [0.2, 0.25) is 0 Å². The van der Waals surface area contributed by atoms with E-state index in [4.69, 9.17) is 9.47 Å². The normalized spacial score (nSPS) is 11.1. The molecule has 0 spiro atoms. The van der Waals surface area contributed by atoms with Crippen molar-refractivity contribution in [1.82, 2.24) is 0 Å². The largest absolute Gasteiger partial charge is 0.497 e. The van der Waals surface area contributed by atoms with E-state index in [-0.39, 0.29) is 11.2 Å². The molecule has 0 radical (unpaired) electrons. The third-order valence-electron chi connectivity index (χ3n) is 2.71. The molecule has 0 aliphatic rings. The Morgan fingerprint density at radius 1 is 1.11 bits per heavy atom. The van der Waals surface area contributed by atoms with E-state index in [1.54, 1.807) is 7.11 Å². The van der Waals surface area contributed by atoms with Crippen LogP contribution in [0.4, 0.5) is 0 Å². The van der Waals surface area contributed by atoms with Crippen molar-refractivity contribution in [3.8, 4) is 11.5 Å². The zero-order valence-electron chi connectivity index (χ0n) is 11.7. The van der Waals surface area contributed by atoms with Gasteiger partial charge in [-0.05, 0) is 30.7 Å². The van der Waals surface area contributed by atoms with Crippen molar-refractivity contribution in [2.75, 3.05) is 13.7 Å². The fourth-order valence-corrected chi connectivity index (χ4v) is 1.47. The van der Waals surface area contributed by atoms with E-state index in [9.17, 15) is 4.79 Å². The molecule has 0 bridgehead atoms. The smallest absolute Gasteiger partial charge is 0.138 e. The molecule has 0 saturated heterocycles. The van der Waals surface area contributed by atoms with Crippen LogP contribution < -0.4 is 9.47 Å². The van der Waals surface area contributed by atoms with Gasteiger partial charge >= 0.3 is 0 Å². The molecule has 18 heavy (non-hydrogen) atoms. The highest BCUT2D eigenvalue weighted by Crippen LogP contribution is 2.19. The molecule has 0 aromatic heterocycles. The van der Waals surface area contributed by atoms with Crippen LogP contribution in [-0.2, 0) is 4.79 Å². The molecule has 1 aromatic rings. The topological polar surface area (TPSA) is 35.5 Å². The number of benzene rings is 1. The maximum absolute atomic E-state index is 11.7. The van der Waals surface area contributed by atoms with E-state index < -0.39 is 0 Å². The second-order valence-corrected chi connectivity index (χ2v) is 5.30. The van der Waals surface area contributed by atoms with Crippen molar-refractivity contribution < 1.29 is 14.3 Å². The molecule has 3 nitrogen and oxygen atoms in total. The summed E-state index contributed by atoms with van der Waals surface area (Å²) in [6.07, 6.45) is 1.32. The summed E-state index contributed by atoms with van der Waals surface area (Å²) in [6, 6.07) is 7.44. The molecule has 0 amide bonds. The number of methoxy groups -OCH3 is 1. The Kier molecular flexibility index (Phi) is 5.20. The maximum atomic E-state index is 11.7. The minimum Gasteiger partial charge on any atom is -0.497 e. The van der Waals surface area contributed by atoms with Crippen molar-refractivity contribution in [1.29, 1.82) is 0 Å². The monoisotopic (exact) mass is 250 g/mol. The van der Waals surface area contributed by atoms with Gasteiger partial charge < -0.3 is 9.47 Å². The molecule has 0 fully saturated rings. The Balaban J connectivity index is 2.27. The average Bonchev–Trinajstić information content (AvgIpc) is 2.34. The molecule has 1 aromatic carbocycles. The summed E-state index contributed by atoms with van der Waals surface area (Å²) in [5.74, 6) is 1.89. The molecule has 0 heterocycles. The Morgan fingerprint density at radius 3 is 2.17 bits per heavy atom. The Morgan fingerprint density at radius 2 is 1.67 bits per heavy atom. The quantitative estimate of drug-likeness (QED) is 0.725. The second-order valence-electron chi connectivity index (χ2n) is 5.30. The second kappa shape index (κ2) is 6.43. The van der Waals surface area contributed by atoms with Crippen molar-refractivity contribution >= 4 is 5.78 Å². The number of carbonyl (C=O) groups is 1. The summed E-state index contributed by atoms with van der Waals surface area (Å²) in [5, 5.41) is 0. The van der Waals surface area contributed by atoms with Gasteiger partial charge in [0, 0.05) is 11.8 Å². The third kappa shape index (κ3) is 4.78. The Labute approximate surface area is 109 Å². The first-order valence-corrected chi connectivity index (χ1v) is 6.23. The minimum absolute atomic E-state index is 0.250. The van der Waals surface area contributed by atoms with Crippen LogP contribution in [-0.4, -0.2) is 19.5 Å². The van der Waals surface area contributed by atoms with Gasteiger partial charge in [0.15, 0.2) is 0 Å². The molecule has 0 aliphatic heterocycles. The first kappa shape index (κ1) is 14.6. The molecule has 0 atom stereocenters. The third-order valence-corrected chi connectivity index (χ3v) is 2.71. The molecule has 0 saturated carbocycles. The van der Waals surface area contributed by atoms with Gasteiger partial charge in [-0.25, -0.2) is 0 Å². The highest BCUT2D eigenvalue weighted by Gasteiger charge is 2.20. The summed E-state index contributed by atoms with van der Waals surface area (Å²) < 4.78 is 10.6. The molecule has 1 rings (SSSR count). The van der Waals surface area contributed by atoms with Crippen LogP contribution in [0, 0.1) is 5.41 Å². The number of rotatable bonds is 6. The summed E-state index contributed by atoms with van der Waals surface area (Å²) >= 11 is 0. The van der Waals surface area contributed by atoms with Crippen molar-refractivity contribution in [2.24, 2.45) is 5.41 Å². The fraction of sp³-hybridized carbons (Fsp3) is 0.533. The predicted molar refractivity (Wildman–Crippen MR) is 72.2 cm³/mol. The van der Waals surface area contributed by atoms with Crippen molar-refractivity contribution in [3.63, 3.8) is 0 Å². The van der Waals surface area contributed by atoms with Gasteiger partial charge in [0.25, 0.3) is 0 Å². The van der Waals surface area contributed by atoms with Crippen LogP contribution in [0.1, 0.15) is 33.6 Å². The number of hydrogen-bond acceptors (Lipinski definition) is 3. The number of hydrogen-bond donors (Lipinski definition) is 0. The van der Waals surface area contributed by atoms with Crippen molar-refractivity contribution in [3.05, 3.63) is 24.3 Å². The van der Waals surface area contributed by atoms with Crippen LogP contribution in [0.5, 0.6) is 11.5 Å². The van der Waals surface area contributed by atoms with Gasteiger partial charge in [-0.1, -0.05) is 20.8 Å². The molecule has 0 aliphatic carbocycles. The number of Topliss-reactive ketones (excluding diaryl/α,β-unsaturated/α-hetero) is 1. The number of ether oxygens (including phenoxy) is 2. The number of ketones is 1. The molecule has 0 unspecified atom stereocenters. The first-order chi connectivity index (χ1) is 8.43. The van der Waals surface area contributed by atoms with Gasteiger partial charge in [0.1, 0.15) is 17.3 Å². The lowest BCUT2D eigenvalue weighted by atomic mass is 9.88. The van der Waals surface area contributed by atoms with E-state index >= 15 is 0 Å². The molecular weight excluding hydrogens is 228 g/mol. The Hall–Kier alpha value is -1.51. The van der Waals surface area contributed by atoms with Crippen LogP contribution in [0.15, 0.2) is 24.3 Å². The lowest BCUT2D eigenvalue weighted by molar-refractivity contribution is -0.126. The Bertz CT molecular complexity index is 374. The highest BCUT2D eigenvalue weighted by molar-refractivity contribution is 5.83. The highest BCUT2D eigenvalue weighted by atomic mass is 16.5. The van der Waals surface area contributed by atoms with E-state index in [2.05, 4.69) is 0 Å². The maximum Gasteiger partial charge on any atom is 0.138 e. The fourth-order valence-electron chi connectivity index (χ4n) is 1.47. The zero-order chi connectivity index (χ0) is 13.6. The predicted octanol–water partition coefficient (Wildman–Crippen LogP) is 3.47. The SMILES string of the molecule is COc1ccc(OCCCC(=O)C(C)(C)C)cc1. The van der Waals surface area contributed by atoms with Gasteiger partial charge in [-0.15, -0.1) is 0 Å². The van der Waals surface area contributed by atoms with Crippen LogP contribution in [0.3, 0.4) is 0 Å². The van der Waals surface area contributed by atoms with E-state index in [1.807, 2.05) is 45.0 Å². The van der Waals surface area contributed by atoms with E-state index in [1.165, 1.54) is 0 Å². The van der Waals surface area contributed by atoms with Crippen LogP contribution in [0.25, 0.3) is 0 Å². The minimum atomic E-state index is -0.250. The summed E-state index contributed by atoms with van der Waals surface area (Å²) in [7, 11) is 1.63. The van der Waals surface area contributed by atoms with Gasteiger partial charge in [-0.3, -0.25) is 4.79 Å². The van der Waals surface area contributed by atoms with Gasteiger partial charge in [0.05, 0.1) is 13.7 Å². The van der Waals surface area contributed by atoms with Crippen LogP contribution in [0.2, 0.25) is 0 Å². The summed E-state index contributed by atoms with van der Waals surface area (Å²) in [5.41, 5.74) is -0.250. The lowest BCUT2D eigenvalue weighted by Crippen LogP contribution is -2.20. The lowest BCUT2D eigenvalue weighted by Gasteiger charge is -2.16. The van der Waals surface area contributed by atoms with E-state index in [0.29, 0.717) is 13.0 Å². The average molecular weight is 250 g/mol. The van der Waals surface area contributed by atoms with Gasteiger partial charge in [-0.2, -0.15) is 0 Å². The standard InChI is InChI=1S/C15H22O3/c1-15(2,3)14(16)6-5-11-18-13-9-7-12(17-4)8-10-13/h7-10H,5-6,11H2,1-4H3.